The molecular weight excluding hydrogens is 232 g/mol. The third-order valence-electron chi connectivity index (χ3n) is 2.54. The van der Waals surface area contributed by atoms with Crippen LogP contribution in [0.4, 0.5) is 0 Å². The highest BCUT2D eigenvalue weighted by Crippen LogP contribution is 2.27. The number of aryl methyl sites for hydroxylation is 1. The van der Waals surface area contributed by atoms with Crippen LogP contribution in [0.3, 0.4) is 0 Å². The van der Waals surface area contributed by atoms with Crippen LogP contribution in [0.5, 0.6) is 5.75 Å². The third-order valence-corrected chi connectivity index (χ3v) is 2.54. The Labute approximate surface area is 104 Å². The van der Waals surface area contributed by atoms with E-state index >= 15 is 0 Å². The Bertz CT molecular complexity index is 577. The van der Waals surface area contributed by atoms with E-state index in [9.17, 15) is 4.79 Å². The summed E-state index contributed by atoms with van der Waals surface area (Å²) in [6, 6.07) is 5.57. The standard InChI is InChI=1S/C12H14N4O2/c1-3-18-9-6-8(5-4-7(9)2)10-11(12(13)17)15-16-14-10/h4-6H,3H2,1-2H3,(H2,13,17)(H,14,15,16). The first-order chi connectivity index (χ1) is 8.63. The van der Waals surface area contributed by atoms with Gasteiger partial charge < -0.3 is 10.5 Å². The van der Waals surface area contributed by atoms with Gasteiger partial charge in [-0.2, -0.15) is 15.4 Å². The van der Waals surface area contributed by atoms with Gasteiger partial charge in [-0.25, -0.2) is 0 Å². The van der Waals surface area contributed by atoms with Gasteiger partial charge in [-0.3, -0.25) is 4.79 Å². The molecule has 0 spiro atoms. The minimum atomic E-state index is -0.614. The van der Waals surface area contributed by atoms with Crippen molar-refractivity contribution in [3.63, 3.8) is 0 Å². The van der Waals surface area contributed by atoms with Crippen molar-refractivity contribution in [2.45, 2.75) is 13.8 Å². The van der Waals surface area contributed by atoms with Crippen molar-refractivity contribution in [1.82, 2.24) is 15.4 Å². The number of benzene rings is 1. The number of hydrogen-bond donors (Lipinski definition) is 2. The number of nitrogens with zero attached hydrogens (tertiary/aromatic N) is 2. The molecule has 18 heavy (non-hydrogen) atoms. The van der Waals surface area contributed by atoms with Gasteiger partial charge in [0.05, 0.1) is 6.61 Å². The normalized spacial score (nSPS) is 10.3. The fourth-order valence-corrected chi connectivity index (χ4v) is 1.66. The predicted octanol–water partition coefficient (Wildman–Crippen LogP) is 1.28. The highest BCUT2D eigenvalue weighted by atomic mass is 16.5. The van der Waals surface area contributed by atoms with Gasteiger partial charge in [0.2, 0.25) is 0 Å². The largest absolute Gasteiger partial charge is 0.494 e. The second-order valence-electron chi connectivity index (χ2n) is 3.80. The van der Waals surface area contributed by atoms with Gasteiger partial charge in [0.15, 0.2) is 5.69 Å². The number of aromatic amines is 1. The van der Waals surface area contributed by atoms with Crippen LogP contribution < -0.4 is 10.5 Å². The van der Waals surface area contributed by atoms with Crippen LogP contribution in [0.2, 0.25) is 0 Å². The summed E-state index contributed by atoms with van der Waals surface area (Å²) in [4.78, 5) is 11.2. The van der Waals surface area contributed by atoms with Crippen molar-refractivity contribution < 1.29 is 9.53 Å². The Morgan fingerprint density at radius 1 is 1.44 bits per heavy atom. The lowest BCUT2D eigenvalue weighted by Crippen LogP contribution is -2.12. The van der Waals surface area contributed by atoms with E-state index in [2.05, 4.69) is 15.4 Å². The summed E-state index contributed by atoms with van der Waals surface area (Å²) in [6.07, 6.45) is 0. The molecule has 0 atom stereocenters. The summed E-state index contributed by atoms with van der Waals surface area (Å²) in [5.74, 6) is 0.144. The van der Waals surface area contributed by atoms with Crippen LogP contribution in [-0.4, -0.2) is 27.9 Å². The molecule has 0 saturated carbocycles. The Kier molecular flexibility index (Phi) is 3.27. The highest BCUT2D eigenvalue weighted by molar-refractivity contribution is 5.96. The third kappa shape index (κ3) is 2.17. The predicted molar refractivity (Wildman–Crippen MR) is 66.2 cm³/mol. The number of carbonyl (C=O) groups is 1. The van der Waals surface area contributed by atoms with Crippen LogP contribution >= 0.6 is 0 Å². The average Bonchev–Trinajstić information content (AvgIpc) is 2.81. The van der Waals surface area contributed by atoms with Gasteiger partial charge in [0.25, 0.3) is 5.91 Å². The van der Waals surface area contributed by atoms with Crippen molar-refractivity contribution in [2.75, 3.05) is 6.61 Å². The summed E-state index contributed by atoms with van der Waals surface area (Å²) < 4.78 is 5.50. The number of H-pyrrole nitrogens is 1. The number of hydrogen-bond acceptors (Lipinski definition) is 4. The molecular formula is C12H14N4O2. The molecule has 1 heterocycles. The topological polar surface area (TPSA) is 93.9 Å². The van der Waals surface area contributed by atoms with E-state index in [1.54, 1.807) is 0 Å². The fourth-order valence-electron chi connectivity index (χ4n) is 1.66. The van der Waals surface area contributed by atoms with Crippen molar-refractivity contribution in [3.05, 3.63) is 29.5 Å². The summed E-state index contributed by atoms with van der Waals surface area (Å²) >= 11 is 0. The minimum absolute atomic E-state index is 0.126. The second kappa shape index (κ2) is 4.87. The Hall–Kier alpha value is -2.37. The molecule has 1 amide bonds. The van der Waals surface area contributed by atoms with Gasteiger partial charge in [-0.15, -0.1) is 0 Å². The highest BCUT2D eigenvalue weighted by Gasteiger charge is 2.16. The molecule has 0 aliphatic rings. The molecule has 2 rings (SSSR count). The SMILES string of the molecule is CCOc1cc(-c2n[nH]nc2C(N)=O)ccc1C. The van der Waals surface area contributed by atoms with E-state index in [1.807, 2.05) is 32.0 Å². The molecule has 0 saturated heterocycles. The number of nitrogens with two attached hydrogens (primary N) is 1. The van der Waals surface area contributed by atoms with Gasteiger partial charge in [-0.1, -0.05) is 12.1 Å². The van der Waals surface area contributed by atoms with Crippen LogP contribution in [0.1, 0.15) is 23.0 Å². The molecule has 0 bridgehead atoms. The lowest BCUT2D eigenvalue weighted by molar-refractivity contribution is 0.0996. The average molecular weight is 246 g/mol. The first-order valence-corrected chi connectivity index (χ1v) is 5.58. The van der Waals surface area contributed by atoms with Crippen LogP contribution in [0.25, 0.3) is 11.3 Å². The van der Waals surface area contributed by atoms with Gasteiger partial charge in [0, 0.05) is 5.56 Å². The maximum absolute atomic E-state index is 11.2. The number of rotatable bonds is 4. The van der Waals surface area contributed by atoms with Crippen LogP contribution in [0.15, 0.2) is 18.2 Å². The zero-order chi connectivity index (χ0) is 13.1. The summed E-state index contributed by atoms with van der Waals surface area (Å²) in [5, 5.41) is 10.1. The van der Waals surface area contributed by atoms with E-state index in [4.69, 9.17) is 10.5 Å². The Balaban J connectivity index is 2.47. The second-order valence-corrected chi connectivity index (χ2v) is 3.80. The molecule has 0 aliphatic carbocycles. The summed E-state index contributed by atoms with van der Waals surface area (Å²) in [6.45, 7) is 4.44. The quantitative estimate of drug-likeness (QED) is 0.849. The summed E-state index contributed by atoms with van der Waals surface area (Å²) in [7, 11) is 0. The molecule has 0 fully saturated rings. The number of amides is 1. The van der Waals surface area contributed by atoms with Crippen molar-refractivity contribution in [2.24, 2.45) is 5.73 Å². The number of aromatic nitrogens is 3. The Morgan fingerprint density at radius 3 is 2.89 bits per heavy atom. The van der Waals surface area contributed by atoms with E-state index in [-0.39, 0.29) is 5.69 Å². The smallest absolute Gasteiger partial charge is 0.271 e. The first-order valence-electron chi connectivity index (χ1n) is 5.58. The number of carbonyl (C=O) groups excluding carboxylic acids is 1. The van der Waals surface area contributed by atoms with Gasteiger partial charge in [0.1, 0.15) is 11.4 Å². The maximum Gasteiger partial charge on any atom is 0.271 e. The molecule has 0 unspecified atom stereocenters. The van der Waals surface area contributed by atoms with Crippen molar-refractivity contribution in [1.29, 1.82) is 0 Å². The molecule has 0 aliphatic heterocycles. The molecule has 1 aromatic carbocycles. The van der Waals surface area contributed by atoms with E-state index in [0.717, 1.165) is 16.9 Å². The zero-order valence-electron chi connectivity index (χ0n) is 10.2. The molecule has 0 radical (unpaired) electrons. The van der Waals surface area contributed by atoms with Gasteiger partial charge >= 0.3 is 0 Å². The van der Waals surface area contributed by atoms with E-state index in [1.165, 1.54) is 0 Å². The van der Waals surface area contributed by atoms with E-state index in [0.29, 0.717) is 12.3 Å². The fraction of sp³-hybridized carbons (Fsp3) is 0.250. The molecule has 94 valence electrons. The lowest BCUT2D eigenvalue weighted by Gasteiger charge is -2.08. The van der Waals surface area contributed by atoms with Crippen LogP contribution in [0, 0.1) is 6.92 Å². The molecule has 6 nitrogen and oxygen atoms in total. The zero-order valence-corrected chi connectivity index (χ0v) is 10.2. The number of nitrogens with one attached hydrogen (secondary N) is 1. The molecule has 3 N–H and O–H groups in total. The number of ether oxygens (including phenoxy) is 1. The lowest BCUT2D eigenvalue weighted by atomic mass is 10.1. The number of primary amides is 1. The van der Waals surface area contributed by atoms with Gasteiger partial charge in [-0.05, 0) is 25.5 Å². The molecule has 2 aromatic rings. The van der Waals surface area contributed by atoms with Crippen molar-refractivity contribution in [3.8, 4) is 17.0 Å². The molecule has 6 heteroatoms. The minimum Gasteiger partial charge on any atom is -0.494 e. The Morgan fingerprint density at radius 2 is 2.22 bits per heavy atom. The van der Waals surface area contributed by atoms with E-state index < -0.39 is 5.91 Å². The monoisotopic (exact) mass is 246 g/mol. The maximum atomic E-state index is 11.2. The summed E-state index contributed by atoms with van der Waals surface area (Å²) in [5.41, 5.74) is 7.55. The first kappa shape index (κ1) is 12.1. The molecule has 1 aromatic heterocycles. The van der Waals surface area contributed by atoms with Crippen LogP contribution in [-0.2, 0) is 0 Å². The van der Waals surface area contributed by atoms with Crippen molar-refractivity contribution >= 4 is 5.91 Å².